The predicted octanol–water partition coefficient (Wildman–Crippen LogP) is 1.88. The molecule has 7 nitrogen and oxygen atoms in total. The fourth-order valence-electron chi connectivity index (χ4n) is 1.90. The molecule has 1 amide bonds. The maximum absolute atomic E-state index is 12.0. The van der Waals surface area contributed by atoms with Gasteiger partial charge in [-0.15, -0.1) is 0 Å². The molecule has 2 aromatic carbocycles. The zero-order valence-corrected chi connectivity index (χ0v) is 12.6. The maximum atomic E-state index is 12.0. The van der Waals surface area contributed by atoms with Crippen LogP contribution in [0.3, 0.4) is 0 Å². The Kier molecular flexibility index (Phi) is 5.03. The van der Waals surface area contributed by atoms with Gasteiger partial charge in [0.1, 0.15) is 11.5 Å². The van der Waals surface area contributed by atoms with Gasteiger partial charge in [-0.05, 0) is 30.3 Å². The highest BCUT2D eigenvalue weighted by molar-refractivity contribution is 5.95. The molecule has 7 heteroatoms. The van der Waals surface area contributed by atoms with Crippen molar-refractivity contribution in [3.63, 3.8) is 0 Å². The van der Waals surface area contributed by atoms with E-state index in [-0.39, 0.29) is 11.5 Å². The second-order valence-corrected chi connectivity index (χ2v) is 4.55. The van der Waals surface area contributed by atoms with E-state index in [9.17, 15) is 15.0 Å². The molecule has 0 aliphatic heterocycles. The average Bonchev–Trinajstić information content (AvgIpc) is 2.53. The summed E-state index contributed by atoms with van der Waals surface area (Å²) in [7, 11) is 2.98. The molecule has 0 unspecified atom stereocenters. The fourth-order valence-corrected chi connectivity index (χ4v) is 1.90. The first-order chi connectivity index (χ1) is 11.0. The normalized spacial score (nSPS) is 10.5. The van der Waals surface area contributed by atoms with Crippen molar-refractivity contribution in [3.8, 4) is 23.0 Å². The number of phenolic OH excluding ortho intramolecular Hbond substituents is 2. The minimum Gasteiger partial charge on any atom is -0.508 e. The zero-order valence-electron chi connectivity index (χ0n) is 12.6. The number of carbonyl (C=O) groups excluding carboxylic acids is 1. The summed E-state index contributed by atoms with van der Waals surface area (Å²) in [6, 6.07) is 8.71. The third kappa shape index (κ3) is 4.13. The summed E-state index contributed by atoms with van der Waals surface area (Å²) in [5.74, 6) is 0.312. The monoisotopic (exact) mass is 316 g/mol. The van der Waals surface area contributed by atoms with Crippen molar-refractivity contribution in [1.29, 1.82) is 0 Å². The number of phenols is 2. The minimum atomic E-state index is -0.438. The topological polar surface area (TPSA) is 100 Å². The number of hydrogen-bond acceptors (Lipinski definition) is 6. The second kappa shape index (κ2) is 7.17. The Balaban J connectivity index is 2.08. The molecule has 0 aromatic heterocycles. The quantitative estimate of drug-likeness (QED) is 0.577. The summed E-state index contributed by atoms with van der Waals surface area (Å²) >= 11 is 0. The molecule has 0 atom stereocenters. The number of benzene rings is 2. The lowest BCUT2D eigenvalue weighted by Crippen LogP contribution is -2.17. The van der Waals surface area contributed by atoms with E-state index in [1.54, 1.807) is 12.1 Å². The van der Waals surface area contributed by atoms with Gasteiger partial charge >= 0.3 is 0 Å². The zero-order chi connectivity index (χ0) is 16.8. The molecule has 0 saturated carbocycles. The third-order valence-corrected chi connectivity index (χ3v) is 2.95. The molecule has 0 heterocycles. The van der Waals surface area contributed by atoms with Crippen molar-refractivity contribution in [1.82, 2.24) is 5.43 Å². The summed E-state index contributed by atoms with van der Waals surface area (Å²) in [6.07, 6.45) is 1.30. The molecular weight excluding hydrogens is 300 g/mol. The highest BCUT2D eigenvalue weighted by atomic mass is 16.5. The molecule has 23 heavy (non-hydrogen) atoms. The molecule has 3 N–H and O–H groups in total. The van der Waals surface area contributed by atoms with Gasteiger partial charge in [0.15, 0.2) is 11.5 Å². The Morgan fingerprint density at radius 2 is 1.70 bits per heavy atom. The van der Waals surface area contributed by atoms with Crippen molar-refractivity contribution in [2.24, 2.45) is 5.10 Å². The van der Waals surface area contributed by atoms with Crippen LogP contribution >= 0.6 is 0 Å². The number of carbonyl (C=O) groups is 1. The van der Waals surface area contributed by atoms with E-state index in [4.69, 9.17) is 9.47 Å². The SMILES string of the molecule is COc1ccc(C(=O)N/N=C/c2cc(O)cc(O)c2)cc1OC. The van der Waals surface area contributed by atoms with Gasteiger partial charge in [-0.1, -0.05) is 0 Å². The lowest BCUT2D eigenvalue weighted by molar-refractivity contribution is 0.0954. The summed E-state index contributed by atoms with van der Waals surface area (Å²) in [4.78, 5) is 12.0. The number of nitrogens with zero attached hydrogens (tertiary/aromatic N) is 1. The molecule has 2 aromatic rings. The van der Waals surface area contributed by atoms with Gasteiger partial charge < -0.3 is 19.7 Å². The number of hydrogen-bond donors (Lipinski definition) is 3. The van der Waals surface area contributed by atoms with Crippen molar-refractivity contribution in [3.05, 3.63) is 47.5 Å². The molecule has 0 aliphatic rings. The average molecular weight is 316 g/mol. The molecule has 2 rings (SSSR count). The van der Waals surface area contributed by atoms with Gasteiger partial charge in [0.25, 0.3) is 5.91 Å². The Morgan fingerprint density at radius 1 is 1.04 bits per heavy atom. The van der Waals surface area contributed by atoms with Crippen LogP contribution in [0.1, 0.15) is 15.9 Å². The van der Waals surface area contributed by atoms with Crippen LogP contribution in [0.2, 0.25) is 0 Å². The van der Waals surface area contributed by atoms with E-state index in [0.29, 0.717) is 22.6 Å². The standard InChI is InChI=1S/C16H16N2O5/c1-22-14-4-3-11(7-15(14)23-2)16(21)18-17-9-10-5-12(19)8-13(20)6-10/h3-9,19-20H,1-2H3,(H,18,21)/b17-9+. The fraction of sp³-hybridized carbons (Fsp3) is 0.125. The summed E-state index contributed by atoms with van der Waals surface area (Å²) in [6.45, 7) is 0. The number of hydrazone groups is 1. The van der Waals surface area contributed by atoms with E-state index in [2.05, 4.69) is 10.5 Å². The van der Waals surface area contributed by atoms with Crippen LogP contribution in [0.5, 0.6) is 23.0 Å². The van der Waals surface area contributed by atoms with Crippen LogP contribution in [0.4, 0.5) is 0 Å². The van der Waals surface area contributed by atoms with Gasteiger partial charge in [-0.25, -0.2) is 5.43 Å². The van der Waals surface area contributed by atoms with Gasteiger partial charge in [-0.2, -0.15) is 5.10 Å². The van der Waals surface area contributed by atoms with Gasteiger partial charge in [0.2, 0.25) is 0 Å². The second-order valence-electron chi connectivity index (χ2n) is 4.55. The minimum absolute atomic E-state index is 0.0994. The number of aromatic hydroxyl groups is 2. The Morgan fingerprint density at radius 3 is 2.30 bits per heavy atom. The molecule has 0 radical (unpaired) electrons. The highest BCUT2D eigenvalue weighted by Gasteiger charge is 2.09. The van der Waals surface area contributed by atoms with Gasteiger partial charge in [0, 0.05) is 17.2 Å². The Labute approximate surface area is 132 Å². The van der Waals surface area contributed by atoms with E-state index < -0.39 is 5.91 Å². The number of nitrogens with one attached hydrogen (secondary N) is 1. The first-order valence-electron chi connectivity index (χ1n) is 6.62. The van der Waals surface area contributed by atoms with E-state index >= 15 is 0 Å². The van der Waals surface area contributed by atoms with Crippen LogP contribution < -0.4 is 14.9 Å². The maximum Gasteiger partial charge on any atom is 0.271 e. The Hall–Kier alpha value is -3.22. The number of ether oxygens (including phenoxy) is 2. The van der Waals surface area contributed by atoms with Crippen LogP contribution in [0.25, 0.3) is 0 Å². The van der Waals surface area contributed by atoms with Crippen molar-refractivity contribution < 1.29 is 24.5 Å². The van der Waals surface area contributed by atoms with Crippen molar-refractivity contribution in [2.75, 3.05) is 14.2 Å². The first-order valence-corrected chi connectivity index (χ1v) is 6.62. The van der Waals surface area contributed by atoms with Crippen molar-refractivity contribution >= 4 is 12.1 Å². The van der Waals surface area contributed by atoms with Crippen LogP contribution in [-0.2, 0) is 0 Å². The number of methoxy groups -OCH3 is 2. The molecule has 120 valence electrons. The molecule has 0 fully saturated rings. The molecule has 0 bridgehead atoms. The Bertz CT molecular complexity index is 723. The number of rotatable bonds is 5. The van der Waals surface area contributed by atoms with E-state index in [1.807, 2.05) is 0 Å². The van der Waals surface area contributed by atoms with E-state index in [0.717, 1.165) is 0 Å². The van der Waals surface area contributed by atoms with Crippen LogP contribution in [0.15, 0.2) is 41.5 Å². The molecule has 0 spiro atoms. The highest BCUT2D eigenvalue weighted by Crippen LogP contribution is 2.27. The first kappa shape index (κ1) is 16.2. The summed E-state index contributed by atoms with van der Waals surface area (Å²) in [5.41, 5.74) is 3.13. The summed E-state index contributed by atoms with van der Waals surface area (Å²) in [5, 5.41) is 22.5. The van der Waals surface area contributed by atoms with E-state index in [1.165, 1.54) is 44.7 Å². The van der Waals surface area contributed by atoms with Crippen LogP contribution in [-0.4, -0.2) is 36.6 Å². The lowest BCUT2D eigenvalue weighted by atomic mass is 10.2. The predicted molar refractivity (Wildman–Crippen MR) is 84.4 cm³/mol. The van der Waals surface area contributed by atoms with Crippen molar-refractivity contribution in [2.45, 2.75) is 0 Å². The number of amides is 1. The molecule has 0 saturated heterocycles. The largest absolute Gasteiger partial charge is 0.508 e. The molecule has 0 aliphatic carbocycles. The lowest BCUT2D eigenvalue weighted by Gasteiger charge is -2.08. The summed E-state index contributed by atoms with van der Waals surface area (Å²) < 4.78 is 10.2. The third-order valence-electron chi connectivity index (χ3n) is 2.95. The van der Waals surface area contributed by atoms with Crippen LogP contribution in [0, 0.1) is 0 Å². The van der Waals surface area contributed by atoms with Gasteiger partial charge in [0.05, 0.1) is 20.4 Å². The smallest absolute Gasteiger partial charge is 0.271 e. The molecular formula is C16H16N2O5. The van der Waals surface area contributed by atoms with Gasteiger partial charge in [-0.3, -0.25) is 4.79 Å².